The number of hydrogen-bond donors (Lipinski definition) is 0. The van der Waals surface area contributed by atoms with Crippen LogP contribution in [0.2, 0.25) is 0 Å². The number of nitrogens with zero attached hydrogens (tertiary/aromatic N) is 1. The van der Waals surface area contributed by atoms with Gasteiger partial charge in [-0.05, 0) is 0 Å². The fourth-order valence-corrected chi connectivity index (χ4v) is 0.498. The summed E-state index contributed by atoms with van der Waals surface area (Å²) in [5.41, 5.74) is 0. The smallest absolute Gasteiger partial charge is 0.461 e. The first-order chi connectivity index (χ1) is 6.31. The Labute approximate surface area is 142 Å². The molecule has 0 aliphatic rings. The Balaban J connectivity index is 0. The van der Waals surface area contributed by atoms with E-state index in [1.54, 1.807) is 0 Å². The van der Waals surface area contributed by atoms with E-state index in [1.165, 1.54) is 0 Å². The largest absolute Gasteiger partial charge is 1.00 e. The van der Waals surface area contributed by atoms with Gasteiger partial charge in [-0.15, -0.1) is 0 Å². The molecule has 0 aromatic carbocycles. The third kappa shape index (κ3) is 3.05. The van der Waals surface area contributed by atoms with E-state index < -0.39 is 30.6 Å². The molecule has 16 heavy (non-hydrogen) atoms. The molecule has 0 aromatic rings. The molecule has 88 valence electrons. The van der Waals surface area contributed by atoms with Crippen molar-refractivity contribution in [2.24, 2.45) is 0 Å². The van der Waals surface area contributed by atoms with Crippen molar-refractivity contribution in [1.29, 1.82) is 5.26 Å². The summed E-state index contributed by atoms with van der Waals surface area (Å²) in [6.07, 6.45) is -6.86. The van der Waals surface area contributed by atoms with Crippen molar-refractivity contribution < 1.29 is 108 Å². The van der Waals surface area contributed by atoms with Gasteiger partial charge in [0.2, 0.25) is 0 Å². The van der Waals surface area contributed by atoms with Crippen LogP contribution < -0.4 is 68.9 Å². The van der Waals surface area contributed by atoms with Crippen LogP contribution in [0.5, 0.6) is 0 Å². The molecule has 12 heteroatoms. The van der Waals surface area contributed by atoms with Crippen molar-refractivity contribution in [3.63, 3.8) is 0 Å². The predicted molar refractivity (Wildman–Crippen MR) is 29.5 cm³/mol. The zero-order valence-corrected chi connectivity index (χ0v) is 13.7. The summed E-state index contributed by atoms with van der Waals surface area (Å²) in [5.74, 6) is -14.3. The van der Waals surface area contributed by atoms with Crippen LogP contribution in [0.3, 0.4) is 0 Å². The van der Waals surface area contributed by atoms with E-state index >= 15 is 0 Å². The zero-order valence-electron chi connectivity index (χ0n) is 7.43. The number of alkyl halides is 7. The van der Waals surface area contributed by atoms with Crippen LogP contribution in [-0.4, -0.2) is 24.6 Å². The van der Waals surface area contributed by atoms with E-state index in [9.17, 15) is 39.4 Å². The SMILES string of the molecule is N#C[B-](F)(F)C(F)(F)C(F)(F)C(F)(F)F.[Cs+]. The zero-order chi connectivity index (χ0) is 12.7. The average Bonchev–Trinajstić information content (AvgIpc) is 2.01. The fourth-order valence-electron chi connectivity index (χ4n) is 0.498. The first-order valence-electron chi connectivity index (χ1n) is 3.06. The van der Waals surface area contributed by atoms with Crippen LogP contribution >= 0.6 is 0 Å². The molecule has 1 nitrogen and oxygen atoms in total. The minimum Gasteiger partial charge on any atom is -0.461 e. The van der Waals surface area contributed by atoms with Gasteiger partial charge in [0.25, 0.3) is 5.82 Å². The molecule has 0 atom stereocenters. The van der Waals surface area contributed by atoms with Gasteiger partial charge < -0.3 is 8.63 Å². The number of halogens is 9. The molecule has 0 aromatic heterocycles. The van der Waals surface area contributed by atoms with Gasteiger partial charge in [-0.25, -0.2) is 14.0 Å². The normalized spacial score (nSPS) is 14.0. The summed E-state index contributed by atoms with van der Waals surface area (Å²) in [5, 5.41) is 7.41. The monoisotopic (exact) mass is 377 g/mol. The molecule has 0 aliphatic heterocycles. The summed E-state index contributed by atoms with van der Waals surface area (Å²) < 4.78 is 106. The summed E-state index contributed by atoms with van der Waals surface area (Å²) in [6.45, 7) is -6.81. The van der Waals surface area contributed by atoms with Gasteiger partial charge in [0, 0.05) is 0 Å². The topological polar surface area (TPSA) is 23.8 Å². The summed E-state index contributed by atoms with van der Waals surface area (Å²) >= 11 is 0. The Morgan fingerprint density at radius 1 is 0.875 bits per heavy atom. The van der Waals surface area contributed by atoms with Crippen LogP contribution in [0.1, 0.15) is 0 Å². The van der Waals surface area contributed by atoms with Gasteiger partial charge in [0.15, 0.2) is 0 Å². The third-order valence-electron chi connectivity index (χ3n) is 1.39. The molecule has 0 rings (SSSR count). The third-order valence-corrected chi connectivity index (χ3v) is 1.39. The molecular weight excluding hydrogens is 377 g/mol. The van der Waals surface area contributed by atoms with E-state index in [0.717, 1.165) is 0 Å². The molecule has 0 radical (unpaired) electrons. The minimum atomic E-state index is -6.96. The van der Waals surface area contributed by atoms with Crippen molar-refractivity contribution >= 4 is 6.70 Å². The van der Waals surface area contributed by atoms with Crippen LogP contribution in [-0.2, 0) is 0 Å². The molecule has 0 amide bonds. The molecule has 0 N–H and O–H groups in total. The average molecular weight is 377 g/mol. The standard InChI is InChI=1S/C4BF9N.Cs/c6-2(7,4(10,11)12)3(8,9)5(13,14)1-15;/q-1;+1. The van der Waals surface area contributed by atoms with Crippen molar-refractivity contribution in [3.05, 3.63) is 0 Å². The Hall–Kier alpha value is 0.977. The maximum Gasteiger partial charge on any atom is 1.00 e. The quantitative estimate of drug-likeness (QED) is 0.484. The Bertz CT molecular complexity index is 291. The summed E-state index contributed by atoms with van der Waals surface area (Å²) in [6, 6.07) is 0. The van der Waals surface area contributed by atoms with Crippen LogP contribution in [0.15, 0.2) is 0 Å². The van der Waals surface area contributed by atoms with Gasteiger partial charge in [-0.2, -0.15) is 22.0 Å². The molecule has 0 bridgehead atoms. The van der Waals surface area contributed by atoms with E-state index in [2.05, 4.69) is 0 Å². The maximum atomic E-state index is 12.1. The Morgan fingerprint density at radius 2 is 1.19 bits per heavy atom. The van der Waals surface area contributed by atoms with Crippen molar-refractivity contribution in [2.45, 2.75) is 17.9 Å². The van der Waals surface area contributed by atoms with Gasteiger partial charge in [-0.1, -0.05) is 5.97 Å². The van der Waals surface area contributed by atoms with Crippen LogP contribution in [0.4, 0.5) is 39.4 Å². The van der Waals surface area contributed by atoms with Crippen LogP contribution in [0.25, 0.3) is 0 Å². The van der Waals surface area contributed by atoms with Gasteiger partial charge in [0.05, 0.1) is 0 Å². The molecule has 0 saturated heterocycles. The second-order valence-corrected chi connectivity index (χ2v) is 2.49. The van der Waals surface area contributed by atoms with Gasteiger partial charge in [-0.3, -0.25) is 0 Å². The maximum absolute atomic E-state index is 12.1. The number of rotatable bonds is 2. The van der Waals surface area contributed by atoms with Gasteiger partial charge >= 0.3 is 87.7 Å². The molecule has 0 fully saturated rings. The number of nitriles is 1. The van der Waals surface area contributed by atoms with Gasteiger partial charge in [0.1, 0.15) is 0 Å². The minimum absolute atomic E-state index is 0. The van der Waals surface area contributed by atoms with E-state index in [-0.39, 0.29) is 68.9 Å². The predicted octanol–water partition coefficient (Wildman–Crippen LogP) is -0.194. The van der Waals surface area contributed by atoms with Crippen molar-refractivity contribution in [3.8, 4) is 5.97 Å². The molecule has 0 unspecified atom stereocenters. The molecular formula is C4BCsF9N. The first-order valence-corrected chi connectivity index (χ1v) is 3.06. The fraction of sp³-hybridized carbons (Fsp3) is 0.750. The summed E-state index contributed by atoms with van der Waals surface area (Å²) in [4.78, 5) is 0. The molecule has 0 aliphatic carbocycles. The van der Waals surface area contributed by atoms with E-state index in [0.29, 0.717) is 0 Å². The van der Waals surface area contributed by atoms with E-state index in [4.69, 9.17) is 5.26 Å². The molecule has 0 spiro atoms. The Morgan fingerprint density at radius 3 is 1.38 bits per heavy atom. The number of hydrogen-bond acceptors (Lipinski definition) is 1. The van der Waals surface area contributed by atoms with Crippen molar-refractivity contribution in [2.75, 3.05) is 0 Å². The Kier molecular flexibility index (Phi) is 6.41. The van der Waals surface area contributed by atoms with Crippen LogP contribution in [0, 0.1) is 11.2 Å². The van der Waals surface area contributed by atoms with Crippen molar-refractivity contribution in [1.82, 2.24) is 0 Å². The summed E-state index contributed by atoms with van der Waals surface area (Å²) in [7, 11) is 0. The second-order valence-electron chi connectivity index (χ2n) is 2.49. The molecule has 0 saturated carbocycles. The second kappa shape index (κ2) is 5.31. The first kappa shape index (κ1) is 19.3. The van der Waals surface area contributed by atoms with E-state index in [1.807, 2.05) is 0 Å². The molecule has 0 heterocycles.